The number of amides is 2. The number of carbonyl (C=O) groups excluding carboxylic acids is 2. The van der Waals surface area contributed by atoms with Gasteiger partial charge in [0, 0.05) is 21.3 Å². The van der Waals surface area contributed by atoms with Crippen LogP contribution < -0.4 is 10.6 Å². The molecule has 6 heteroatoms. The average Bonchev–Trinajstić information content (AvgIpc) is 2.73. The molecule has 1 atom stereocenters. The number of carbonyl (C=O) groups is 2. The second-order valence-electron chi connectivity index (χ2n) is 6.75. The summed E-state index contributed by atoms with van der Waals surface area (Å²) in [6.45, 7) is 1.97. The van der Waals surface area contributed by atoms with Gasteiger partial charge in [-0.2, -0.15) is 0 Å². The fourth-order valence-corrected chi connectivity index (χ4v) is 4.11. The molecule has 1 unspecified atom stereocenters. The van der Waals surface area contributed by atoms with Crippen molar-refractivity contribution in [3.8, 4) is 0 Å². The van der Waals surface area contributed by atoms with Gasteiger partial charge >= 0.3 is 0 Å². The second-order valence-corrected chi connectivity index (χ2v) is 8.47. The minimum Gasteiger partial charge on any atom is -0.326 e. The molecule has 0 fully saturated rings. The van der Waals surface area contributed by atoms with E-state index in [0.717, 1.165) is 10.5 Å². The van der Waals surface area contributed by atoms with Crippen LogP contribution >= 0.6 is 23.4 Å². The molecule has 0 aromatic heterocycles. The van der Waals surface area contributed by atoms with E-state index in [1.54, 1.807) is 18.2 Å². The largest absolute Gasteiger partial charge is 0.326 e. The first-order valence-electron chi connectivity index (χ1n) is 9.70. The van der Waals surface area contributed by atoms with Crippen molar-refractivity contribution in [2.75, 3.05) is 10.6 Å². The number of hydrogen-bond acceptors (Lipinski definition) is 3. The Labute approximate surface area is 186 Å². The van der Waals surface area contributed by atoms with Gasteiger partial charge in [0.2, 0.25) is 11.8 Å². The molecule has 0 spiro atoms. The lowest BCUT2D eigenvalue weighted by Gasteiger charge is -2.15. The van der Waals surface area contributed by atoms with Crippen LogP contribution in [0.5, 0.6) is 0 Å². The van der Waals surface area contributed by atoms with Gasteiger partial charge in [-0.1, -0.05) is 61.0 Å². The van der Waals surface area contributed by atoms with Gasteiger partial charge in [-0.05, 0) is 48.4 Å². The maximum Gasteiger partial charge on any atom is 0.237 e. The molecule has 154 valence electrons. The highest BCUT2D eigenvalue weighted by molar-refractivity contribution is 8.00. The Morgan fingerprint density at radius 2 is 1.60 bits per heavy atom. The smallest absolute Gasteiger partial charge is 0.237 e. The van der Waals surface area contributed by atoms with Crippen molar-refractivity contribution in [1.29, 1.82) is 0 Å². The normalized spacial score (nSPS) is 11.5. The Bertz CT molecular complexity index is 1010. The van der Waals surface area contributed by atoms with Crippen molar-refractivity contribution in [2.24, 2.45) is 0 Å². The lowest BCUT2D eigenvalue weighted by Crippen LogP contribution is -2.24. The number of rotatable bonds is 8. The van der Waals surface area contributed by atoms with Crippen molar-refractivity contribution >= 4 is 46.6 Å². The van der Waals surface area contributed by atoms with Crippen LogP contribution in [0, 0.1) is 0 Å². The van der Waals surface area contributed by atoms with Gasteiger partial charge in [0.1, 0.15) is 0 Å². The van der Waals surface area contributed by atoms with Crippen LogP contribution in [-0.4, -0.2) is 17.1 Å². The van der Waals surface area contributed by atoms with Gasteiger partial charge in [0.15, 0.2) is 0 Å². The molecule has 2 amide bonds. The molecule has 3 rings (SSSR count). The third kappa shape index (κ3) is 6.65. The minimum absolute atomic E-state index is 0.0749. The maximum atomic E-state index is 12.7. The van der Waals surface area contributed by atoms with Crippen LogP contribution in [0.3, 0.4) is 0 Å². The molecular weight excluding hydrogens is 416 g/mol. The van der Waals surface area contributed by atoms with Crippen molar-refractivity contribution < 1.29 is 9.59 Å². The van der Waals surface area contributed by atoms with Crippen molar-refractivity contribution in [3.63, 3.8) is 0 Å². The monoisotopic (exact) mass is 438 g/mol. The van der Waals surface area contributed by atoms with E-state index >= 15 is 0 Å². The molecule has 0 saturated heterocycles. The molecular formula is C24H23ClN2O2S. The van der Waals surface area contributed by atoms with E-state index in [1.807, 2.05) is 67.6 Å². The molecule has 0 aliphatic carbocycles. The summed E-state index contributed by atoms with van der Waals surface area (Å²) in [7, 11) is 0. The zero-order chi connectivity index (χ0) is 21.3. The number of halogens is 1. The first kappa shape index (κ1) is 21.9. The summed E-state index contributed by atoms with van der Waals surface area (Å²) in [5, 5.41) is 6.16. The number of anilines is 2. The predicted molar refractivity (Wildman–Crippen MR) is 125 cm³/mol. The molecule has 0 radical (unpaired) electrons. The maximum absolute atomic E-state index is 12.7. The third-order valence-corrected chi connectivity index (χ3v) is 5.95. The van der Waals surface area contributed by atoms with E-state index in [1.165, 1.54) is 11.8 Å². The molecule has 0 saturated carbocycles. The summed E-state index contributed by atoms with van der Waals surface area (Å²) < 4.78 is 0. The topological polar surface area (TPSA) is 58.2 Å². The standard InChI is InChI=1S/C24H23ClN2O2S/c1-2-22(24(29)27-19-11-6-10-18(25)15-19)30-21-13-7-12-20(16-21)26-23(28)14-17-8-4-3-5-9-17/h3-13,15-16,22H,2,14H2,1H3,(H,26,28)(H,27,29). The highest BCUT2D eigenvalue weighted by Gasteiger charge is 2.18. The molecule has 0 bridgehead atoms. The van der Waals surface area contributed by atoms with Crippen molar-refractivity contribution in [1.82, 2.24) is 0 Å². The zero-order valence-corrected chi connectivity index (χ0v) is 18.2. The number of hydrogen-bond donors (Lipinski definition) is 2. The highest BCUT2D eigenvalue weighted by atomic mass is 35.5. The highest BCUT2D eigenvalue weighted by Crippen LogP contribution is 2.29. The molecule has 30 heavy (non-hydrogen) atoms. The van der Waals surface area contributed by atoms with E-state index in [9.17, 15) is 9.59 Å². The summed E-state index contributed by atoms with van der Waals surface area (Å²) in [5.41, 5.74) is 2.35. The first-order chi connectivity index (χ1) is 14.5. The summed E-state index contributed by atoms with van der Waals surface area (Å²) in [6, 6.07) is 24.3. The lowest BCUT2D eigenvalue weighted by atomic mass is 10.1. The number of benzene rings is 3. The van der Waals surface area contributed by atoms with E-state index in [4.69, 9.17) is 11.6 Å². The minimum atomic E-state index is -0.265. The molecule has 0 aliphatic rings. The van der Waals surface area contributed by atoms with Crippen LogP contribution in [0.15, 0.2) is 83.8 Å². The van der Waals surface area contributed by atoms with Gasteiger partial charge in [-0.25, -0.2) is 0 Å². The number of nitrogens with one attached hydrogen (secondary N) is 2. The Balaban J connectivity index is 1.61. The van der Waals surface area contributed by atoms with Gasteiger partial charge < -0.3 is 10.6 Å². The molecule has 2 N–H and O–H groups in total. The van der Waals surface area contributed by atoms with Crippen LogP contribution in [0.4, 0.5) is 11.4 Å². The van der Waals surface area contributed by atoms with Gasteiger partial charge in [0.05, 0.1) is 11.7 Å². The fraction of sp³-hybridized carbons (Fsp3) is 0.167. The summed E-state index contributed by atoms with van der Waals surface area (Å²) in [6.07, 6.45) is 0.986. The van der Waals surface area contributed by atoms with Crippen LogP contribution in [-0.2, 0) is 16.0 Å². The molecule has 3 aromatic rings. The summed E-state index contributed by atoms with van der Waals surface area (Å²) >= 11 is 7.46. The zero-order valence-electron chi connectivity index (χ0n) is 16.6. The van der Waals surface area contributed by atoms with Crippen LogP contribution in [0.25, 0.3) is 0 Å². The van der Waals surface area contributed by atoms with E-state index in [0.29, 0.717) is 29.2 Å². The van der Waals surface area contributed by atoms with Crippen LogP contribution in [0.2, 0.25) is 5.02 Å². The summed E-state index contributed by atoms with van der Waals surface area (Å²) in [4.78, 5) is 25.9. The summed E-state index contributed by atoms with van der Waals surface area (Å²) in [5.74, 6) is -0.155. The average molecular weight is 439 g/mol. The fourth-order valence-electron chi connectivity index (χ4n) is 2.91. The predicted octanol–water partition coefficient (Wildman–Crippen LogP) is 6.03. The SMILES string of the molecule is CCC(Sc1cccc(NC(=O)Cc2ccccc2)c1)C(=O)Nc1cccc(Cl)c1. The van der Waals surface area contributed by atoms with Gasteiger partial charge in [0.25, 0.3) is 0 Å². The Morgan fingerprint density at radius 3 is 2.30 bits per heavy atom. The Hall–Kier alpha value is -2.76. The second kappa shape index (κ2) is 10.9. The third-order valence-electron chi connectivity index (χ3n) is 4.36. The first-order valence-corrected chi connectivity index (χ1v) is 11.0. The number of thioether (sulfide) groups is 1. The quantitative estimate of drug-likeness (QED) is 0.422. The van der Waals surface area contributed by atoms with Crippen molar-refractivity contribution in [3.05, 3.63) is 89.4 Å². The van der Waals surface area contributed by atoms with E-state index in [-0.39, 0.29) is 17.1 Å². The van der Waals surface area contributed by atoms with Crippen LogP contribution in [0.1, 0.15) is 18.9 Å². The van der Waals surface area contributed by atoms with E-state index in [2.05, 4.69) is 10.6 Å². The molecule has 0 heterocycles. The molecule has 0 aliphatic heterocycles. The van der Waals surface area contributed by atoms with Gasteiger partial charge in [-0.3, -0.25) is 9.59 Å². The molecule has 4 nitrogen and oxygen atoms in total. The Kier molecular flexibility index (Phi) is 7.94. The Morgan fingerprint density at radius 1 is 0.900 bits per heavy atom. The molecule has 3 aromatic carbocycles. The van der Waals surface area contributed by atoms with E-state index < -0.39 is 0 Å². The van der Waals surface area contributed by atoms with Gasteiger partial charge in [-0.15, -0.1) is 11.8 Å². The lowest BCUT2D eigenvalue weighted by molar-refractivity contribution is -0.116. The van der Waals surface area contributed by atoms with Crippen molar-refractivity contribution in [2.45, 2.75) is 29.9 Å².